The maximum atomic E-state index is 12.2. The smallest absolute Gasteiger partial charge is 0.238 e. The second-order valence-electron chi connectivity index (χ2n) is 6.70. The number of carbonyl (C=O) groups is 1. The van der Waals surface area contributed by atoms with Crippen molar-refractivity contribution < 1.29 is 17.6 Å². The van der Waals surface area contributed by atoms with E-state index in [9.17, 15) is 13.2 Å². The number of furan rings is 1. The fraction of sp³-hybridized carbons (Fsp3) is 0.688. The Morgan fingerprint density at radius 3 is 2.62 bits per heavy atom. The van der Waals surface area contributed by atoms with Crippen molar-refractivity contribution in [3.05, 3.63) is 23.7 Å². The summed E-state index contributed by atoms with van der Waals surface area (Å²) in [6.07, 6.45) is 2.63. The summed E-state index contributed by atoms with van der Waals surface area (Å²) in [4.78, 5) is 14.3. The van der Waals surface area contributed by atoms with Crippen molar-refractivity contribution >= 4 is 15.9 Å². The zero-order valence-electron chi connectivity index (χ0n) is 14.4. The van der Waals surface area contributed by atoms with E-state index in [-0.39, 0.29) is 17.9 Å². The number of hydrogen-bond donors (Lipinski definition) is 1. The number of nitrogens with zero attached hydrogens (tertiary/aromatic N) is 2. The monoisotopic (exact) mass is 355 g/mol. The van der Waals surface area contributed by atoms with E-state index in [1.807, 2.05) is 19.1 Å². The topological polar surface area (TPSA) is 82.9 Å². The lowest BCUT2D eigenvalue weighted by Crippen LogP contribution is -2.49. The zero-order chi connectivity index (χ0) is 17.5. The first-order valence-corrected chi connectivity index (χ1v) is 10.2. The van der Waals surface area contributed by atoms with Crippen molar-refractivity contribution in [1.29, 1.82) is 0 Å². The molecular formula is C16H25N3O4S. The van der Waals surface area contributed by atoms with Gasteiger partial charge in [0.25, 0.3) is 0 Å². The lowest BCUT2D eigenvalue weighted by atomic mass is 10.0. The Morgan fingerprint density at radius 2 is 2.04 bits per heavy atom. The van der Waals surface area contributed by atoms with Gasteiger partial charge in [0.1, 0.15) is 17.6 Å². The first kappa shape index (κ1) is 17.4. The summed E-state index contributed by atoms with van der Waals surface area (Å²) in [5.41, 5.74) is 0. The number of aryl methyl sites for hydroxylation is 1. The molecule has 3 rings (SSSR count). The molecular weight excluding hydrogens is 330 g/mol. The molecule has 0 aliphatic carbocycles. The Labute approximate surface area is 143 Å². The highest BCUT2D eigenvalue weighted by molar-refractivity contribution is 7.88. The standard InChI is InChI=1S/C16H25N3O4S/c1-4-12-5-6-13(23-12)9-18-8-11-7-14(16(20)17-2)19(15(11)10-18)24(3,21)22/h5-6,11,14-15H,4,7-10H2,1-3H3,(H,17,20)/t11-,14+,15+/m0/s1. The van der Waals surface area contributed by atoms with Crippen LogP contribution in [0.25, 0.3) is 0 Å². The molecule has 3 atom stereocenters. The molecule has 0 radical (unpaired) electrons. The van der Waals surface area contributed by atoms with Gasteiger partial charge in [0, 0.05) is 32.6 Å². The molecule has 134 valence electrons. The molecule has 0 bridgehead atoms. The molecule has 3 heterocycles. The average Bonchev–Trinajstić information content (AvgIpc) is 3.18. The molecule has 2 saturated heterocycles. The SMILES string of the molecule is CCc1ccc(CN2C[C@@H]3C[C@H](C(=O)NC)N(S(C)(=O)=O)[C@@H]3C2)o1. The van der Waals surface area contributed by atoms with Crippen LogP contribution in [0.1, 0.15) is 24.9 Å². The van der Waals surface area contributed by atoms with E-state index in [4.69, 9.17) is 4.42 Å². The molecule has 0 saturated carbocycles. The number of sulfonamides is 1. The second-order valence-corrected chi connectivity index (χ2v) is 8.59. The van der Waals surface area contributed by atoms with Crippen molar-refractivity contribution in [1.82, 2.24) is 14.5 Å². The third-order valence-corrected chi connectivity index (χ3v) is 6.31. The zero-order valence-corrected chi connectivity index (χ0v) is 15.2. The Hall–Kier alpha value is -1.38. The lowest BCUT2D eigenvalue weighted by molar-refractivity contribution is -0.124. The largest absolute Gasteiger partial charge is 0.465 e. The molecule has 2 fully saturated rings. The van der Waals surface area contributed by atoms with Crippen LogP contribution in [0.2, 0.25) is 0 Å². The minimum absolute atomic E-state index is 0.136. The van der Waals surface area contributed by atoms with Crippen molar-refractivity contribution in [2.24, 2.45) is 5.92 Å². The van der Waals surface area contributed by atoms with Gasteiger partial charge in [-0.25, -0.2) is 8.42 Å². The van der Waals surface area contributed by atoms with Gasteiger partial charge in [0.2, 0.25) is 15.9 Å². The van der Waals surface area contributed by atoms with Crippen molar-refractivity contribution in [3.63, 3.8) is 0 Å². The van der Waals surface area contributed by atoms with Gasteiger partial charge in [0.05, 0.1) is 12.8 Å². The summed E-state index contributed by atoms with van der Waals surface area (Å²) in [6.45, 7) is 4.14. The molecule has 8 heteroatoms. The van der Waals surface area contributed by atoms with E-state index in [1.165, 1.54) is 10.6 Å². The van der Waals surface area contributed by atoms with Crippen LogP contribution in [0.5, 0.6) is 0 Å². The van der Waals surface area contributed by atoms with E-state index in [1.54, 1.807) is 7.05 Å². The number of likely N-dealkylation sites (tertiary alicyclic amines) is 1. The quantitative estimate of drug-likeness (QED) is 0.828. The van der Waals surface area contributed by atoms with Crippen molar-refractivity contribution in [3.8, 4) is 0 Å². The first-order valence-electron chi connectivity index (χ1n) is 8.33. The van der Waals surface area contributed by atoms with Gasteiger partial charge >= 0.3 is 0 Å². The van der Waals surface area contributed by atoms with Gasteiger partial charge in [-0.2, -0.15) is 4.31 Å². The molecule has 1 aromatic heterocycles. The van der Waals surface area contributed by atoms with Gasteiger partial charge in [-0.1, -0.05) is 6.92 Å². The third kappa shape index (κ3) is 3.22. The maximum absolute atomic E-state index is 12.2. The van der Waals surface area contributed by atoms with Crippen LogP contribution in [0.3, 0.4) is 0 Å². The molecule has 0 spiro atoms. The van der Waals surface area contributed by atoms with Gasteiger partial charge in [0.15, 0.2) is 0 Å². The van der Waals surface area contributed by atoms with Crippen LogP contribution < -0.4 is 5.32 Å². The van der Waals surface area contributed by atoms with Crippen LogP contribution in [-0.4, -0.2) is 62.0 Å². The van der Waals surface area contributed by atoms with E-state index in [2.05, 4.69) is 10.2 Å². The van der Waals surface area contributed by atoms with Gasteiger partial charge in [-0.15, -0.1) is 0 Å². The highest BCUT2D eigenvalue weighted by atomic mass is 32.2. The second kappa shape index (κ2) is 6.50. The number of carbonyl (C=O) groups excluding carboxylic acids is 1. The Kier molecular flexibility index (Phi) is 4.72. The van der Waals surface area contributed by atoms with Gasteiger partial charge in [-0.05, 0) is 24.5 Å². The number of nitrogens with one attached hydrogen (secondary N) is 1. The fourth-order valence-corrected chi connectivity index (χ4v) is 5.37. The van der Waals surface area contributed by atoms with Crippen LogP contribution in [-0.2, 0) is 27.8 Å². The molecule has 1 aromatic rings. The third-order valence-electron chi connectivity index (χ3n) is 5.02. The molecule has 24 heavy (non-hydrogen) atoms. The highest BCUT2D eigenvalue weighted by Crippen LogP contribution is 2.38. The van der Waals surface area contributed by atoms with Crippen molar-refractivity contribution in [2.45, 2.75) is 38.4 Å². The number of amides is 1. The fourth-order valence-electron chi connectivity index (χ4n) is 4.00. The summed E-state index contributed by atoms with van der Waals surface area (Å²) in [7, 11) is -1.89. The lowest BCUT2D eigenvalue weighted by Gasteiger charge is -2.27. The van der Waals surface area contributed by atoms with Crippen LogP contribution in [0.15, 0.2) is 16.5 Å². The van der Waals surface area contributed by atoms with Gasteiger partial charge < -0.3 is 9.73 Å². The summed E-state index contributed by atoms with van der Waals surface area (Å²) in [5.74, 6) is 1.82. The molecule has 2 aliphatic rings. The van der Waals surface area contributed by atoms with E-state index < -0.39 is 16.1 Å². The van der Waals surface area contributed by atoms with E-state index >= 15 is 0 Å². The minimum Gasteiger partial charge on any atom is -0.465 e. The minimum atomic E-state index is -3.43. The first-order chi connectivity index (χ1) is 11.3. The summed E-state index contributed by atoms with van der Waals surface area (Å²) >= 11 is 0. The Bertz CT molecular complexity index is 715. The number of fused-ring (bicyclic) bond motifs is 1. The predicted octanol–water partition coefficient (Wildman–Crippen LogP) is 0.422. The van der Waals surface area contributed by atoms with Crippen LogP contribution in [0, 0.1) is 5.92 Å². The number of likely N-dealkylation sites (N-methyl/N-ethyl adjacent to an activating group) is 1. The predicted molar refractivity (Wildman–Crippen MR) is 89.8 cm³/mol. The molecule has 0 aromatic carbocycles. The molecule has 1 amide bonds. The Balaban J connectivity index is 1.73. The molecule has 7 nitrogen and oxygen atoms in total. The summed E-state index contributed by atoms with van der Waals surface area (Å²) in [5, 5.41) is 2.58. The highest BCUT2D eigenvalue weighted by Gasteiger charge is 2.52. The molecule has 0 unspecified atom stereocenters. The summed E-state index contributed by atoms with van der Waals surface area (Å²) in [6, 6.07) is 3.24. The number of hydrogen-bond acceptors (Lipinski definition) is 5. The number of rotatable bonds is 5. The molecule has 1 N–H and O–H groups in total. The average molecular weight is 355 g/mol. The van der Waals surface area contributed by atoms with Gasteiger partial charge in [-0.3, -0.25) is 9.69 Å². The summed E-state index contributed by atoms with van der Waals surface area (Å²) < 4.78 is 31.6. The van der Waals surface area contributed by atoms with Crippen LogP contribution >= 0.6 is 0 Å². The maximum Gasteiger partial charge on any atom is 0.238 e. The van der Waals surface area contributed by atoms with Crippen molar-refractivity contribution in [2.75, 3.05) is 26.4 Å². The van der Waals surface area contributed by atoms with E-state index in [0.29, 0.717) is 19.5 Å². The molecule has 2 aliphatic heterocycles. The normalized spacial score (nSPS) is 28.2. The van der Waals surface area contributed by atoms with E-state index in [0.717, 1.165) is 24.5 Å². The van der Waals surface area contributed by atoms with Crippen LogP contribution in [0.4, 0.5) is 0 Å². The Morgan fingerprint density at radius 1 is 1.33 bits per heavy atom.